The van der Waals surface area contributed by atoms with Crippen LogP contribution in [-0.4, -0.2) is 48.4 Å². The highest BCUT2D eigenvalue weighted by molar-refractivity contribution is 6.08. The van der Waals surface area contributed by atoms with E-state index >= 15 is 0 Å². The molecule has 0 radical (unpaired) electrons. The molecule has 1 N–H and O–H groups in total. The Labute approximate surface area is 165 Å². The van der Waals surface area contributed by atoms with E-state index in [0.29, 0.717) is 18.5 Å². The summed E-state index contributed by atoms with van der Waals surface area (Å²) in [6.45, 7) is 2.67. The van der Waals surface area contributed by atoms with Crippen LogP contribution in [0.3, 0.4) is 0 Å². The average molecular weight is 378 g/mol. The molecule has 2 atom stereocenters. The Balaban J connectivity index is 1.70. The minimum absolute atomic E-state index is 0.0172. The maximum Gasteiger partial charge on any atom is 0.255 e. The number of likely N-dealkylation sites (tertiary alicyclic amines) is 1. The molecule has 1 aromatic carbocycles. The Morgan fingerprint density at radius 1 is 1.29 bits per heavy atom. The Bertz CT molecular complexity index is 909. The fraction of sp³-hybridized carbons (Fsp3) is 0.409. The quantitative estimate of drug-likeness (QED) is 0.888. The van der Waals surface area contributed by atoms with E-state index in [4.69, 9.17) is 0 Å². The van der Waals surface area contributed by atoms with Gasteiger partial charge in [0.1, 0.15) is 5.82 Å². The molecule has 0 aliphatic carbocycles. The van der Waals surface area contributed by atoms with E-state index in [0.717, 1.165) is 29.9 Å². The SMILES string of the molecule is CCC[C@@H]1N(C(=O)c2ccc(N(C)C)nc2)CC[C@]12C(=O)Nc1ccccc12. The number of fused-ring (bicyclic) bond motifs is 2. The lowest BCUT2D eigenvalue weighted by Crippen LogP contribution is -2.48. The van der Waals surface area contributed by atoms with E-state index in [2.05, 4.69) is 17.2 Å². The molecule has 1 saturated heterocycles. The molecule has 0 saturated carbocycles. The summed E-state index contributed by atoms with van der Waals surface area (Å²) in [5, 5.41) is 3.04. The molecule has 6 heteroatoms. The number of aromatic nitrogens is 1. The molecule has 1 spiro atoms. The summed E-state index contributed by atoms with van der Waals surface area (Å²) >= 11 is 0. The van der Waals surface area contributed by atoms with Crippen molar-refractivity contribution in [3.05, 3.63) is 53.7 Å². The van der Waals surface area contributed by atoms with E-state index in [1.807, 2.05) is 60.3 Å². The first-order valence-corrected chi connectivity index (χ1v) is 9.84. The third-order valence-electron chi connectivity index (χ3n) is 6.03. The van der Waals surface area contributed by atoms with Gasteiger partial charge < -0.3 is 15.1 Å². The third kappa shape index (κ3) is 2.66. The molecule has 0 unspecified atom stereocenters. The van der Waals surface area contributed by atoms with Gasteiger partial charge >= 0.3 is 0 Å². The van der Waals surface area contributed by atoms with E-state index in [-0.39, 0.29) is 17.9 Å². The van der Waals surface area contributed by atoms with E-state index in [1.54, 1.807) is 6.20 Å². The number of carbonyl (C=O) groups is 2. The van der Waals surface area contributed by atoms with E-state index in [9.17, 15) is 9.59 Å². The fourth-order valence-electron chi connectivity index (χ4n) is 4.66. The summed E-state index contributed by atoms with van der Waals surface area (Å²) in [6, 6.07) is 11.4. The van der Waals surface area contributed by atoms with Crippen molar-refractivity contribution in [3.8, 4) is 0 Å². The van der Waals surface area contributed by atoms with Gasteiger partial charge in [0.15, 0.2) is 0 Å². The summed E-state index contributed by atoms with van der Waals surface area (Å²) in [7, 11) is 3.84. The van der Waals surface area contributed by atoms with Gasteiger partial charge in [-0.15, -0.1) is 0 Å². The molecule has 2 amide bonds. The van der Waals surface area contributed by atoms with Gasteiger partial charge in [-0.1, -0.05) is 31.5 Å². The first-order valence-electron chi connectivity index (χ1n) is 9.84. The second-order valence-corrected chi connectivity index (χ2v) is 7.82. The number of rotatable bonds is 4. The average Bonchev–Trinajstić information content (AvgIpc) is 3.21. The lowest BCUT2D eigenvalue weighted by Gasteiger charge is -2.34. The number of para-hydroxylation sites is 1. The van der Waals surface area contributed by atoms with Crippen molar-refractivity contribution in [3.63, 3.8) is 0 Å². The number of hydrogen-bond donors (Lipinski definition) is 1. The molecule has 146 valence electrons. The Kier molecular flexibility index (Phi) is 4.57. The third-order valence-corrected chi connectivity index (χ3v) is 6.03. The molecule has 2 aliphatic heterocycles. The van der Waals surface area contributed by atoms with Crippen LogP contribution < -0.4 is 10.2 Å². The number of anilines is 2. The van der Waals surface area contributed by atoms with Gasteiger partial charge in [-0.2, -0.15) is 0 Å². The monoisotopic (exact) mass is 378 g/mol. The van der Waals surface area contributed by atoms with Crippen molar-refractivity contribution in [2.45, 2.75) is 37.6 Å². The minimum Gasteiger partial charge on any atom is -0.363 e. The summed E-state index contributed by atoms with van der Waals surface area (Å²) in [6.07, 6.45) is 3.98. The van der Waals surface area contributed by atoms with Crippen molar-refractivity contribution < 1.29 is 9.59 Å². The van der Waals surface area contributed by atoms with Crippen LogP contribution in [0.5, 0.6) is 0 Å². The zero-order chi connectivity index (χ0) is 19.9. The van der Waals surface area contributed by atoms with Gasteiger partial charge in [0, 0.05) is 32.5 Å². The molecule has 2 aromatic rings. The predicted molar refractivity (Wildman–Crippen MR) is 110 cm³/mol. The van der Waals surface area contributed by atoms with Crippen LogP contribution in [0, 0.1) is 0 Å². The maximum atomic E-state index is 13.3. The van der Waals surface area contributed by atoms with Crippen LogP contribution in [0.2, 0.25) is 0 Å². The summed E-state index contributed by atoms with van der Waals surface area (Å²) in [5.74, 6) is 0.775. The van der Waals surface area contributed by atoms with Crippen molar-refractivity contribution in [2.24, 2.45) is 0 Å². The van der Waals surface area contributed by atoms with E-state index < -0.39 is 5.41 Å². The largest absolute Gasteiger partial charge is 0.363 e. The highest BCUT2D eigenvalue weighted by atomic mass is 16.2. The highest BCUT2D eigenvalue weighted by Crippen LogP contribution is 2.49. The first-order chi connectivity index (χ1) is 13.5. The number of nitrogens with zero attached hydrogens (tertiary/aromatic N) is 3. The second-order valence-electron chi connectivity index (χ2n) is 7.82. The van der Waals surface area contributed by atoms with Crippen molar-refractivity contribution in [1.82, 2.24) is 9.88 Å². The van der Waals surface area contributed by atoms with Crippen LogP contribution in [0.15, 0.2) is 42.6 Å². The lowest BCUT2D eigenvalue weighted by molar-refractivity contribution is -0.121. The van der Waals surface area contributed by atoms with Crippen LogP contribution in [0.1, 0.15) is 42.1 Å². The number of hydrogen-bond acceptors (Lipinski definition) is 4. The number of amides is 2. The summed E-state index contributed by atoms with van der Waals surface area (Å²) in [4.78, 5) is 34.6. The molecule has 4 rings (SSSR count). The molecule has 28 heavy (non-hydrogen) atoms. The lowest BCUT2D eigenvalue weighted by atomic mass is 9.73. The highest BCUT2D eigenvalue weighted by Gasteiger charge is 2.58. The predicted octanol–water partition coefficient (Wildman–Crippen LogP) is 3.05. The Morgan fingerprint density at radius 3 is 2.75 bits per heavy atom. The molecule has 2 aliphatic rings. The van der Waals surface area contributed by atoms with Gasteiger partial charge in [0.25, 0.3) is 5.91 Å². The van der Waals surface area contributed by atoms with Crippen molar-refractivity contribution >= 4 is 23.3 Å². The zero-order valence-electron chi connectivity index (χ0n) is 16.6. The number of nitrogens with one attached hydrogen (secondary N) is 1. The van der Waals surface area contributed by atoms with Gasteiger partial charge in [-0.3, -0.25) is 9.59 Å². The minimum atomic E-state index is -0.654. The standard InChI is InChI=1S/C22H26N4O2/c1-4-7-18-22(16-8-5-6-9-17(16)24-21(22)28)12-13-26(18)20(27)15-10-11-19(23-14-15)25(2)3/h5-6,8-11,14,18H,4,7,12-13H2,1-3H3,(H,24,28)/t18-,22+/m0/s1. The Hall–Kier alpha value is -2.89. The number of benzene rings is 1. The number of pyridine rings is 1. The van der Waals surface area contributed by atoms with Gasteiger partial charge in [0.2, 0.25) is 5.91 Å². The normalized spacial score (nSPS) is 23.0. The zero-order valence-corrected chi connectivity index (χ0v) is 16.6. The molecular formula is C22H26N4O2. The summed E-state index contributed by atoms with van der Waals surface area (Å²) < 4.78 is 0. The van der Waals surface area contributed by atoms with E-state index in [1.165, 1.54) is 0 Å². The van der Waals surface area contributed by atoms with Gasteiger partial charge in [-0.05, 0) is 36.6 Å². The Morgan fingerprint density at radius 2 is 2.07 bits per heavy atom. The molecule has 3 heterocycles. The topological polar surface area (TPSA) is 65.5 Å². The molecular weight excluding hydrogens is 352 g/mol. The van der Waals surface area contributed by atoms with Gasteiger partial charge in [-0.25, -0.2) is 4.98 Å². The molecule has 0 bridgehead atoms. The smallest absolute Gasteiger partial charge is 0.255 e. The molecule has 1 aromatic heterocycles. The number of carbonyl (C=O) groups excluding carboxylic acids is 2. The maximum absolute atomic E-state index is 13.3. The first kappa shape index (κ1) is 18.5. The fourth-order valence-corrected chi connectivity index (χ4v) is 4.66. The molecule has 6 nitrogen and oxygen atoms in total. The molecule has 1 fully saturated rings. The van der Waals surface area contributed by atoms with Gasteiger partial charge in [0.05, 0.1) is 17.0 Å². The van der Waals surface area contributed by atoms with Crippen molar-refractivity contribution in [1.29, 1.82) is 0 Å². The van der Waals surface area contributed by atoms with Crippen LogP contribution in [0.25, 0.3) is 0 Å². The second kappa shape index (κ2) is 6.93. The van der Waals surface area contributed by atoms with Crippen molar-refractivity contribution in [2.75, 3.05) is 30.9 Å². The van der Waals surface area contributed by atoms with Crippen LogP contribution >= 0.6 is 0 Å². The summed E-state index contributed by atoms with van der Waals surface area (Å²) in [5.41, 5.74) is 1.81. The van der Waals surface area contributed by atoms with Crippen LogP contribution in [0.4, 0.5) is 11.5 Å². The van der Waals surface area contributed by atoms with Crippen LogP contribution in [-0.2, 0) is 10.2 Å².